The highest BCUT2D eigenvalue weighted by atomic mass is 16.2. The van der Waals surface area contributed by atoms with E-state index in [1.165, 1.54) is 12.8 Å². The molecule has 0 aromatic heterocycles. The molecule has 2 rings (SSSR count). The first-order valence-electron chi connectivity index (χ1n) is 8.65. The Bertz CT molecular complexity index is 398. The molecule has 4 heteroatoms. The minimum absolute atomic E-state index is 0.0595. The highest BCUT2D eigenvalue weighted by molar-refractivity contribution is 6.00. The van der Waals surface area contributed by atoms with Crippen molar-refractivity contribution in [1.29, 1.82) is 0 Å². The summed E-state index contributed by atoms with van der Waals surface area (Å²) in [4.78, 5) is 27.9. The van der Waals surface area contributed by atoms with Crippen LogP contribution in [0.5, 0.6) is 0 Å². The first kappa shape index (κ1) is 16.3. The van der Waals surface area contributed by atoms with Gasteiger partial charge in [-0.3, -0.25) is 9.59 Å². The number of hydrogen-bond acceptors (Lipinski definition) is 2. The number of carbonyl (C=O) groups excluding carboxylic acids is 2. The minimum atomic E-state index is -0.629. The van der Waals surface area contributed by atoms with Gasteiger partial charge in [0.25, 0.3) is 0 Å². The van der Waals surface area contributed by atoms with Crippen molar-refractivity contribution in [2.45, 2.75) is 90.3 Å². The number of amides is 2. The average Bonchev–Trinajstić information content (AvgIpc) is 3.01. The number of hydrogen-bond donors (Lipinski definition) is 1. The van der Waals surface area contributed by atoms with Gasteiger partial charge in [-0.25, -0.2) is 0 Å². The molecule has 2 amide bonds. The van der Waals surface area contributed by atoms with Crippen LogP contribution in [0.3, 0.4) is 0 Å². The summed E-state index contributed by atoms with van der Waals surface area (Å²) in [5, 5.41) is 3.03. The van der Waals surface area contributed by atoms with Gasteiger partial charge < -0.3 is 10.2 Å². The lowest BCUT2D eigenvalue weighted by Gasteiger charge is -2.51. The topological polar surface area (TPSA) is 49.4 Å². The number of rotatable bonds is 5. The van der Waals surface area contributed by atoms with E-state index in [1.807, 2.05) is 18.7 Å². The fraction of sp³-hybridized carbons (Fsp3) is 0.882. The van der Waals surface area contributed by atoms with Crippen molar-refractivity contribution >= 4 is 11.8 Å². The number of nitrogens with zero attached hydrogens (tertiary/aromatic N) is 1. The van der Waals surface area contributed by atoms with Crippen LogP contribution in [0, 0.1) is 5.92 Å². The Morgan fingerprint density at radius 3 is 2.24 bits per heavy atom. The predicted octanol–water partition coefficient (Wildman–Crippen LogP) is 2.86. The van der Waals surface area contributed by atoms with Crippen LogP contribution >= 0.6 is 0 Å². The molecule has 1 aliphatic carbocycles. The third-order valence-corrected chi connectivity index (χ3v) is 5.75. The third kappa shape index (κ3) is 2.58. The lowest BCUT2D eigenvalue weighted by Crippen LogP contribution is -2.73. The summed E-state index contributed by atoms with van der Waals surface area (Å²) in [6.07, 6.45) is 6.75. The largest absolute Gasteiger partial charge is 0.342 e. The van der Waals surface area contributed by atoms with E-state index in [0.717, 1.165) is 19.3 Å². The Hall–Kier alpha value is -1.06. The summed E-state index contributed by atoms with van der Waals surface area (Å²) in [5.41, 5.74) is -0.629. The molecule has 1 N–H and O–H groups in total. The van der Waals surface area contributed by atoms with Gasteiger partial charge in [-0.15, -0.1) is 0 Å². The summed E-state index contributed by atoms with van der Waals surface area (Å²) in [6.45, 7) is 8.19. The molecule has 2 unspecified atom stereocenters. The first-order chi connectivity index (χ1) is 10.0. The quantitative estimate of drug-likeness (QED) is 0.847. The van der Waals surface area contributed by atoms with E-state index in [4.69, 9.17) is 0 Å². The maximum atomic E-state index is 13.1. The molecule has 0 aromatic rings. The summed E-state index contributed by atoms with van der Waals surface area (Å²) in [7, 11) is 0. The molecular formula is C17H30N2O2. The van der Waals surface area contributed by atoms with Gasteiger partial charge in [-0.1, -0.05) is 47.0 Å². The molecule has 2 fully saturated rings. The maximum absolute atomic E-state index is 13.1. The Morgan fingerprint density at radius 2 is 1.76 bits per heavy atom. The molecule has 1 saturated carbocycles. The Kier molecular flexibility index (Phi) is 4.95. The molecule has 0 radical (unpaired) electrons. The van der Waals surface area contributed by atoms with Crippen molar-refractivity contribution in [2.24, 2.45) is 5.92 Å². The zero-order valence-electron chi connectivity index (χ0n) is 13.9. The van der Waals surface area contributed by atoms with E-state index in [0.29, 0.717) is 12.8 Å². The van der Waals surface area contributed by atoms with E-state index in [-0.39, 0.29) is 29.8 Å². The van der Waals surface area contributed by atoms with Crippen LogP contribution in [-0.2, 0) is 9.59 Å². The summed E-state index contributed by atoms with van der Waals surface area (Å²) < 4.78 is 0. The molecule has 1 heterocycles. The highest BCUT2D eigenvalue weighted by Crippen LogP contribution is 2.37. The third-order valence-electron chi connectivity index (χ3n) is 5.75. The molecule has 1 saturated heterocycles. The normalized spacial score (nSPS) is 27.8. The highest BCUT2D eigenvalue weighted by Gasteiger charge is 2.53. The number of nitrogens with one attached hydrogen (secondary N) is 1. The van der Waals surface area contributed by atoms with Crippen molar-refractivity contribution in [2.75, 3.05) is 0 Å². The summed E-state index contributed by atoms with van der Waals surface area (Å²) >= 11 is 0. The summed E-state index contributed by atoms with van der Waals surface area (Å²) in [5.74, 6) is 0.404. The second kappa shape index (κ2) is 6.37. The molecule has 120 valence electrons. The van der Waals surface area contributed by atoms with Crippen LogP contribution in [0.1, 0.15) is 72.6 Å². The zero-order chi connectivity index (χ0) is 15.6. The van der Waals surface area contributed by atoms with E-state index >= 15 is 0 Å². The Morgan fingerprint density at radius 1 is 1.19 bits per heavy atom. The molecule has 1 aliphatic heterocycles. The molecule has 2 aliphatic rings. The average molecular weight is 294 g/mol. The van der Waals surface area contributed by atoms with Gasteiger partial charge in [-0.2, -0.15) is 0 Å². The van der Waals surface area contributed by atoms with Crippen molar-refractivity contribution < 1.29 is 9.59 Å². The van der Waals surface area contributed by atoms with E-state index in [2.05, 4.69) is 19.2 Å². The minimum Gasteiger partial charge on any atom is -0.342 e. The molecule has 21 heavy (non-hydrogen) atoms. The van der Waals surface area contributed by atoms with E-state index in [1.54, 1.807) is 0 Å². The van der Waals surface area contributed by atoms with Crippen LogP contribution in [0.2, 0.25) is 0 Å². The molecule has 2 atom stereocenters. The molecule has 0 spiro atoms. The van der Waals surface area contributed by atoms with Gasteiger partial charge in [0.05, 0.1) is 0 Å². The van der Waals surface area contributed by atoms with Crippen LogP contribution in [0.15, 0.2) is 0 Å². The standard InChI is InChI=1S/C17H30N2O2/c1-5-12(4)14-15(20)19(13-10-8-9-11-13)17(6-2,7-3)16(21)18-14/h12-14H,5-11H2,1-4H3,(H,18,21). The van der Waals surface area contributed by atoms with E-state index < -0.39 is 5.54 Å². The molecular weight excluding hydrogens is 264 g/mol. The smallest absolute Gasteiger partial charge is 0.246 e. The fourth-order valence-corrected chi connectivity index (χ4v) is 4.03. The fourth-order valence-electron chi connectivity index (χ4n) is 4.03. The second-order valence-corrected chi connectivity index (χ2v) is 6.72. The number of piperazine rings is 1. The monoisotopic (exact) mass is 294 g/mol. The van der Waals surface area contributed by atoms with Gasteiger partial charge in [0.15, 0.2) is 0 Å². The lowest BCUT2D eigenvalue weighted by atomic mass is 9.82. The van der Waals surface area contributed by atoms with Crippen molar-refractivity contribution in [3.63, 3.8) is 0 Å². The number of carbonyl (C=O) groups is 2. The zero-order valence-corrected chi connectivity index (χ0v) is 13.9. The van der Waals surface area contributed by atoms with E-state index in [9.17, 15) is 9.59 Å². The van der Waals surface area contributed by atoms with Gasteiger partial charge in [0.2, 0.25) is 11.8 Å². The van der Waals surface area contributed by atoms with Crippen molar-refractivity contribution in [3.05, 3.63) is 0 Å². The molecule has 4 nitrogen and oxygen atoms in total. The summed E-state index contributed by atoms with van der Waals surface area (Å²) in [6, 6.07) is -0.0793. The lowest BCUT2D eigenvalue weighted by molar-refractivity contribution is -0.163. The Labute approximate surface area is 128 Å². The molecule has 0 bridgehead atoms. The van der Waals surface area contributed by atoms with Crippen LogP contribution in [-0.4, -0.2) is 34.3 Å². The van der Waals surface area contributed by atoms with Crippen LogP contribution in [0.4, 0.5) is 0 Å². The molecule has 0 aromatic carbocycles. The van der Waals surface area contributed by atoms with Crippen molar-refractivity contribution in [3.8, 4) is 0 Å². The van der Waals surface area contributed by atoms with Crippen molar-refractivity contribution in [1.82, 2.24) is 10.2 Å². The Balaban J connectivity index is 2.38. The predicted molar refractivity (Wildman–Crippen MR) is 83.8 cm³/mol. The first-order valence-corrected chi connectivity index (χ1v) is 8.65. The van der Waals surface area contributed by atoms with Gasteiger partial charge in [0, 0.05) is 6.04 Å². The van der Waals surface area contributed by atoms with Gasteiger partial charge >= 0.3 is 0 Å². The van der Waals surface area contributed by atoms with Gasteiger partial charge in [-0.05, 0) is 31.6 Å². The maximum Gasteiger partial charge on any atom is 0.246 e. The SMILES string of the molecule is CCC(C)C1NC(=O)C(CC)(CC)N(C2CCCC2)C1=O. The van der Waals surface area contributed by atoms with Crippen LogP contribution < -0.4 is 5.32 Å². The van der Waals surface area contributed by atoms with Gasteiger partial charge in [0.1, 0.15) is 11.6 Å². The second-order valence-electron chi connectivity index (χ2n) is 6.72. The van der Waals surface area contributed by atoms with Crippen LogP contribution in [0.25, 0.3) is 0 Å².